The number of hydrogen-bond donors (Lipinski definition) is 0. The highest BCUT2D eigenvalue weighted by Crippen LogP contribution is 2.27. The number of halogens is 9. The molecule has 0 bridgehead atoms. The van der Waals surface area contributed by atoms with Crippen molar-refractivity contribution < 1.29 is 96.7 Å². The van der Waals surface area contributed by atoms with Crippen LogP contribution in [0.15, 0.2) is 0 Å². The molecule has 0 heterocycles. The summed E-state index contributed by atoms with van der Waals surface area (Å²) in [4.78, 5) is 67.2. The Kier molecular flexibility index (Phi) is 42.6. The molecule has 0 radical (unpaired) electrons. The summed E-state index contributed by atoms with van der Waals surface area (Å²) in [6, 6.07) is 0. The lowest BCUT2D eigenvalue weighted by Gasteiger charge is -2.20. The molecule has 0 aromatic carbocycles. The van der Waals surface area contributed by atoms with Gasteiger partial charge in [0.1, 0.15) is 0 Å². The van der Waals surface area contributed by atoms with E-state index in [9.17, 15) is 68.3 Å². The molecule has 21 heteroatoms. The van der Waals surface area contributed by atoms with Crippen LogP contribution >= 0.6 is 0 Å². The zero-order valence-corrected chi connectivity index (χ0v) is 49.7. The second-order valence-electron chi connectivity index (χ2n) is 21.6. The van der Waals surface area contributed by atoms with Crippen LogP contribution in [0, 0.1) is 32.5 Å². The quantitative estimate of drug-likeness (QED) is 0.0485. The summed E-state index contributed by atoms with van der Waals surface area (Å²) in [5.41, 5.74) is -3.05. The molecule has 0 aromatic rings. The molecule has 0 aliphatic rings. The monoisotopic (exact) mass is 1110 g/mol. The maximum Gasteiger partial charge on any atom is 0.392 e. The smallest absolute Gasteiger partial charge is 0.392 e. The summed E-state index contributed by atoms with van der Waals surface area (Å²) in [5.74, 6) is -7.55. The molecular formula is C54H99F9O12. The van der Waals surface area contributed by atoms with Gasteiger partial charge in [0.25, 0.3) is 0 Å². The Morgan fingerprint density at radius 3 is 0.667 bits per heavy atom. The maximum atomic E-state index is 12.4. The molecule has 0 N–H and O–H groups in total. The van der Waals surface area contributed by atoms with Crippen LogP contribution in [0.2, 0.25) is 0 Å². The first-order valence-electron chi connectivity index (χ1n) is 25.7. The Balaban J connectivity index is -0.000000191. The van der Waals surface area contributed by atoms with Crippen molar-refractivity contribution in [2.75, 3.05) is 39.6 Å². The van der Waals surface area contributed by atoms with Gasteiger partial charge < -0.3 is 28.4 Å². The average molecular weight is 1110 g/mol. The number of rotatable bonds is 25. The standard InChI is InChI=1S/2C10H18F2O2.C9H15F3O2.C9H16F2O2.2C8H16O2/c2*1-5-9(2,3)8(13)14-7-6-10(4,11)12;1-4-8(2,3)7(13)14-6-5-9(10,11)12;1-4-9(2,3)8(12)13-6-5-7(10)11;2*1-5-8(3,4)7(9)10-6-2/h2*5-7H2,1-4H3;4-6H2,1-3H3;7H,4-6H2,1-3H3;2*5-6H2,1-4H3. The predicted molar refractivity (Wildman–Crippen MR) is 273 cm³/mol. The van der Waals surface area contributed by atoms with Crippen molar-refractivity contribution in [3.05, 3.63) is 0 Å². The van der Waals surface area contributed by atoms with Gasteiger partial charge in [-0.2, -0.15) is 13.2 Å². The fraction of sp³-hybridized carbons (Fsp3) is 0.889. The molecule has 0 rings (SSSR count). The molecule has 0 spiro atoms. The Bertz CT molecular complexity index is 1450. The van der Waals surface area contributed by atoms with Gasteiger partial charge in [0.15, 0.2) is 0 Å². The highest BCUT2D eigenvalue weighted by molar-refractivity contribution is 5.77. The van der Waals surface area contributed by atoms with E-state index in [-0.39, 0.29) is 49.0 Å². The minimum absolute atomic E-state index is 0.0995. The van der Waals surface area contributed by atoms with E-state index >= 15 is 0 Å². The molecule has 450 valence electrons. The summed E-state index contributed by atoms with van der Waals surface area (Å²) < 4.78 is 136. The number of carbonyl (C=O) groups excluding carboxylic acids is 6. The lowest BCUT2D eigenvalue weighted by Crippen LogP contribution is -2.27. The third-order valence-corrected chi connectivity index (χ3v) is 11.9. The van der Waals surface area contributed by atoms with Crippen molar-refractivity contribution in [2.24, 2.45) is 32.5 Å². The zero-order valence-electron chi connectivity index (χ0n) is 49.7. The minimum atomic E-state index is -4.27. The molecule has 12 nitrogen and oxygen atoms in total. The highest BCUT2D eigenvalue weighted by atomic mass is 19.4. The maximum absolute atomic E-state index is 12.4. The molecule has 0 aliphatic heterocycles. The first-order chi connectivity index (χ1) is 33.5. The highest BCUT2D eigenvalue weighted by Gasteiger charge is 2.33. The number of hydrogen-bond acceptors (Lipinski definition) is 12. The second kappa shape index (κ2) is 38.7. The summed E-state index contributed by atoms with van der Waals surface area (Å²) >= 11 is 0. The van der Waals surface area contributed by atoms with E-state index in [1.807, 2.05) is 76.2 Å². The van der Waals surface area contributed by atoms with Crippen LogP contribution in [-0.4, -0.2) is 99.9 Å². The van der Waals surface area contributed by atoms with E-state index in [0.717, 1.165) is 26.7 Å². The van der Waals surface area contributed by atoms with Gasteiger partial charge in [0.05, 0.1) is 78.6 Å². The van der Waals surface area contributed by atoms with Crippen LogP contribution in [0.4, 0.5) is 39.5 Å². The van der Waals surface area contributed by atoms with Gasteiger partial charge in [-0.05, 0) is 149 Å². The molecule has 0 amide bonds. The first kappa shape index (κ1) is 82.5. The van der Waals surface area contributed by atoms with Crippen LogP contribution in [-0.2, 0) is 57.2 Å². The third-order valence-electron chi connectivity index (χ3n) is 11.9. The van der Waals surface area contributed by atoms with Crippen LogP contribution in [0.25, 0.3) is 0 Å². The summed E-state index contributed by atoms with van der Waals surface area (Å²) in [7, 11) is 0. The van der Waals surface area contributed by atoms with E-state index < -0.39 is 95.9 Å². The Labute approximate surface area is 444 Å². The molecule has 0 saturated heterocycles. The lowest BCUT2D eigenvalue weighted by atomic mass is 9.91. The van der Waals surface area contributed by atoms with Gasteiger partial charge in [-0.3, -0.25) is 28.8 Å². The van der Waals surface area contributed by atoms with Gasteiger partial charge in [-0.1, -0.05) is 41.5 Å². The van der Waals surface area contributed by atoms with Gasteiger partial charge in [-0.15, -0.1) is 0 Å². The second-order valence-corrected chi connectivity index (χ2v) is 21.6. The molecule has 0 unspecified atom stereocenters. The van der Waals surface area contributed by atoms with Gasteiger partial charge in [0.2, 0.25) is 18.3 Å². The Hall–Kier alpha value is -3.81. The lowest BCUT2D eigenvalue weighted by molar-refractivity contribution is -0.166. The molecule has 0 saturated carbocycles. The molecule has 0 aromatic heterocycles. The van der Waals surface area contributed by atoms with Crippen molar-refractivity contribution in [2.45, 2.75) is 241 Å². The largest absolute Gasteiger partial charge is 0.466 e. The van der Waals surface area contributed by atoms with Crippen LogP contribution < -0.4 is 0 Å². The molecule has 0 fully saturated rings. The molecular weight excluding hydrogens is 1010 g/mol. The SMILES string of the molecule is CCC(C)(C)C(=O)OCCC(C)(F)F.CCC(C)(C)C(=O)OCCC(C)(F)F.CCC(C)(C)C(=O)OCCC(F)(F)F.CCC(C)(C)C(=O)OCCC(F)F.CCOC(=O)C(C)(C)CC.CCOC(=O)C(C)(C)CC. The van der Waals surface area contributed by atoms with Crippen LogP contribution in [0.1, 0.15) is 217 Å². The molecule has 75 heavy (non-hydrogen) atoms. The van der Waals surface area contributed by atoms with E-state index in [1.165, 1.54) is 0 Å². The number of esters is 6. The fourth-order valence-electron chi connectivity index (χ4n) is 3.45. The van der Waals surface area contributed by atoms with Gasteiger partial charge >= 0.3 is 42.0 Å². The Morgan fingerprint density at radius 1 is 0.320 bits per heavy atom. The topological polar surface area (TPSA) is 158 Å². The number of alkyl halides is 9. The zero-order chi connectivity index (χ0) is 61.1. The van der Waals surface area contributed by atoms with Crippen molar-refractivity contribution >= 4 is 35.8 Å². The summed E-state index contributed by atoms with van der Waals surface area (Å²) in [6.45, 7) is 37.6. The van der Waals surface area contributed by atoms with Gasteiger partial charge in [-0.25, -0.2) is 26.3 Å². The van der Waals surface area contributed by atoms with Crippen molar-refractivity contribution in [1.82, 2.24) is 0 Å². The van der Waals surface area contributed by atoms with Crippen LogP contribution in [0.5, 0.6) is 0 Å². The van der Waals surface area contributed by atoms with E-state index in [1.54, 1.807) is 62.3 Å². The first-order valence-corrected chi connectivity index (χ1v) is 25.7. The summed E-state index contributed by atoms with van der Waals surface area (Å²) in [6.07, 6.45) is -4.88. The van der Waals surface area contributed by atoms with Crippen LogP contribution in [0.3, 0.4) is 0 Å². The normalized spacial score (nSPS) is 12.2. The van der Waals surface area contributed by atoms with Crippen molar-refractivity contribution in [3.8, 4) is 0 Å². The predicted octanol–water partition coefficient (Wildman–Crippen LogP) is 15.5. The number of ether oxygens (including phenoxy) is 6. The minimum Gasteiger partial charge on any atom is -0.466 e. The van der Waals surface area contributed by atoms with Crippen molar-refractivity contribution in [3.63, 3.8) is 0 Å². The fourth-order valence-corrected chi connectivity index (χ4v) is 3.45. The van der Waals surface area contributed by atoms with E-state index in [2.05, 4.69) is 9.47 Å². The van der Waals surface area contributed by atoms with Gasteiger partial charge in [0, 0.05) is 19.3 Å². The van der Waals surface area contributed by atoms with Crippen molar-refractivity contribution in [1.29, 1.82) is 0 Å². The summed E-state index contributed by atoms with van der Waals surface area (Å²) in [5, 5.41) is 0. The van der Waals surface area contributed by atoms with E-state index in [4.69, 9.17) is 18.9 Å². The Morgan fingerprint density at radius 2 is 0.507 bits per heavy atom. The molecule has 0 atom stereocenters. The van der Waals surface area contributed by atoms with E-state index in [0.29, 0.717) is 38.9 Å². The molecule has 0 aliphatic carbocycles. The average Bonchev–Trinajstić information content (AvgIpc) is 3.28. The number of carbonyl (C=O) groups is 6. The third kappa shape index (κ3) is 47.2.